The zero-order valence-corrected chi connectivity index (χ0v) is 15.8. The van der Waals surface area contributed by atoms with Gasteiger partial charge in [-0.3, -0.25) is 0 Å². The Kier molecular flexibility index (Phi) is 5.60. The van der Waals surface area contributed by atoms with E-state index >= 15 is 0 Å². The van der Waals surface area contributed by atoms with Crippen LogP contribution in [0, 0.1) is 0 Å². The minimum absolute atomic E-state index is 0.293. The Morgan fingerprint density at radius 1 is 1.23 bits per heavy atom. The van der Waals surface area contributed by atoms with Gasteiger partial charge in [-0.1, -0.05) is 23.5 Å². The van der Waals surface area contributed by atoms with Gasteiger partial charge in [0.2, 0.25) is 4.80 Å². The summed E-state index contributed by atoms with van der Waals surface area (Å²) in [6.07, 6.45) is 5.59. The van der Waals surface area contributed by atoms with Crippen molar-refractivity contribution in [3.05, 3.63) is 59.2 Å². The monoisotopic (exact) mass is 390 g/mol. The van der Waals surface area contributed by atoms with Crippen molar-refractivity contribution in [2.75, 3.05) is 5.75 Å². The van der Waals surface area contributed by atoms with Crippen molar-refractivity contribution in [2.45, 2.75) is 13.0 Å². The molecule has 9 heteroatoms. The maximum Gasteiger partial charge on any atom is 0.211 e. The SMILES string of the molecule is Cn1/c(=N\N=C\c2cc[n+](CCCS(=O)(=O)[O-])cc2)sc2ccccc21. The molecule has 0 saturated heterocycles. The topological polar surface area (TPSA) is 90.7 Å². The molecule has 0 aliphatic heterocycles. The normalized spacial score (nSPS) is 13.1. The van der Waals surface area contributed by atoms with Gasteiger partial charge in [0.1, 0.15) is 6.54 Å². The molecule has 2 heterocycles. The summed E-state index contributed by atoms with van der Waals surface area (Å²) in [6.45, 7) is 0.473. The molecule has 3 rings (SSSR count). The van der Waals surface area contributed by atoms with Crippen molar-refractivity contribution in [1.82, 2.24) is 4.57 Å². The van der Waals surface area contributed by atoms with Crippen LogP contribution in [0.25, 0.3) is 10.2 Å². The zero-order valence-electron chi connectivity index (χ0n) is 14.1. The van der Waals surface area contributed by atoms with Crippen LogP contribution >= 0.6 is 11.3 Å². The third-order valence-electron chi connectivity index (χ3n) is 3.79. The molecule has 0 unspecified atom stereocenters. The zero-order chi connectivity index (χ0) is 18.6. The third-order valence-corrected chi connectivity index (χ3v) is 5.68. The van der Waals surface area contributed by atoms with Crippen molar-refractivity contribution in [3.8, 4) is 0 Å². The van der Waals surface area contributed by atoms with Crippen LogP contribution in [0.4, 0.5) is 0 Å². The Labute approximate surface area is 155 Å². The average Bonchev–Trinajstić information content (AvgIpc) is 2.92. The molecule has 0 N–H and O–H groups in total. The summed E-state index contributed by atoms with van der Waals surface area (Å²) in [5.41, 5.74) is 2.00. The van der Waals surface area contributed by atoms with E-state index < -0.39 is 10.1 Å². The quantitative estimate of drug-likeness (QED) is 0.276. The highest BCUT2D eigenvalue weighted by atomic mass is 32.2. The molecule has 0 saturated carbocycles. The number of aryl methyl sites for hydroxylation is 2. The van der Waals surface area contributed by atoms with Gasteiger partial charge in [-0.2, -0.15) is 5.10 Å². The fraction of sp³-hybridized carbons (Fsp3) is 0.235. The van der Waals surface area contributed by atoms with Gasteiger partial charge in [0.05, 0.1) is 26.5 Å². The first kappa shape index (κ1) is 18.4. The van der Waals surface area contributed by atoms with Crippen molar-refractivity contribution in [1.29, 1.82) is 0 Å². The first-order valence-corrected chi connectivity index (χ1v) is 10.4. The van der Waals surface area contributed by atoms with Gasteiger partial charge >= 0.3 is 0 Å². The van der Waals surface area contributed by atoms with Crippen LogP contribution < -0.4 is 9.37 Å². The van der Waals surface area contributed by atoms with E-state index in [2.05, 4.69) is 16.3 Å². The molecule has 7 nitrogen and oxygen atoms in total. The lowest BCUT2D eigenvalue weighted by Crippen LogP contribution is -2.33. The molecule has 0 bridgehead atoms. The Bertz CT molecular complexity index is 1100. The minimum Gasteiger partial charge on any atom is -0.748 e. The van der Waals surface area contributed by atoms with Crippen LogP contribution in [0.15, 0.2) is 59.0 Å². The van der Waals surface area contributed by atoms with E-state index in [1.54, 1.807) is 17.6 Å². The Balaban J connectivity index is 1.67. The summed E-state index contributed by atoms with van der Waals surface area (Å²) in [5, 5.41) is 8.43. The van der Waals surface area contributed by atoms with Crippen LogP contribution in [0.5, 0.6) is 0 Å². The molecule has 0 fully saturated rings. The smallest absolute Gasteiger partial charge is 0.211 e. The first-order chi connectivity index (χ1) is 12.4. The Morgan fingerprint density at radius 3 is 2.65 bits per heavy atom. The number of pyridine rings is 1. The van der Waals surface area contributed by atoms with Crippen LogP contribution in [-0.2, 0) is 23.7 Å². The molecule has 136 valence electrons. The molecule has 0 amide bonds. The van der Waals surface area contributed by atoms with E-state index in [4.69, 9.17) is 0 Å². The number of benzene rings is 1. The molecule has 0 aliphatic rings. The maximum absolute atomic E-state index is 10.6. The van der Waals surface area contributed by atoms with Gasteiger partial charge in [0.15, 0.2) is 12.4 Å². The van der Waals surface area contributed by atoms with E-state index in [0.717, 1.165) is 20.6 Å². The minimum atomic E-state index is -4.15. The number of para-hydroxylation sites is 1. The average molecular weight is 390 g/mol. The molecule has 2 aromatic heterocycles. The van der Waals surface area contributed by atoms with E-state index in [-0.39, 0.29) is 5.75 Å². The molecule has 0 aliphatic carbocycles. The Hall–Kier alpha value is -2.36. The van der Waals surface area contributed by atoms with E-state index in [1.165, 1.54) is 0 Å². The fourth-order valence-corrected chi connectivity index (χ4v) is 3.91. The summed E-state index contributed by atoms with van der Waals surface area (Å²) in [4.78, 5) is 0.812. The molecule has 3 aromatic rings. The lowest BCUT2D eigenvalue weighted by Gasteiger charge is -2.03. The van der Waals surface area contributed by atoms with E-state index in [0.29, 0.717) is 13.0 Å². The summed E-state index contributed by atoms with van der Waals surface area (Å²) in [5.74, 6) is -0.353. The van der Waals surface area contributed by atoms with Gasteiger partial charge in [-0.05, 0) is 12.1 Å². The van der Waals surface area contributed by atoms with Crippen molar-refractivity contribution in [2.24, 2.45) is 17.3 Å². The molecular formula is C17H18N4O3S2. The molecule has 26 heavy (non-hydrogen) atoms. The largest absolute Gasteiger partial charge is 0.748 e. The van der Waals surface area contributed by atoms with Gasteiger partial charge in [0, 0.05) is 36.9 Å². The van der Waals surface area contributed by atoms with Crippen LogP contribution in [0.2, 0.25) is 0 Å². The maximum atomic E-state index is 10.6. The summed E-state index contributed by atoms with van der Waals surface area (Å²) in [7, 11) is -2.19. The second kappa shape index (κ2) is 7.90. The molecule has 0 atom stereocenters. The highest BCUT2D eigenvalue weighted by Crippen LogP contribution is 2.15. The molecule has 0 spiro atoms. The Morgan fingerprint density at radius 2 is 1.96 bits per heavy atom. The number of nitrogens with zero attached hydrogens (tertiary/aromatic N) is 4. The van der Waals surface area contributed by atoms with Gasteiger partial charge in [0.25, 0.3) is 0 Å². The highest BCUT2D eigenvalue weighted by molar-refractivity contribution is 7.85. The van der Waals surface area contributed by atoms with Gasteiger partial charge in [-0.25, -0.2) is 13.0 Å². The van der Waals surface area contributed by atoms with Crippen LogP contribution in [0.3, 0.4) is 0 Å². The van der Waals surface area contributed by atoms with Crippen molar-refractivity contribution >= 4 is 37.9 Å². The van der Waals surface area contributed by atoms with Crippen molar-refractivity contribution in [3.63, 3.8) is 0 Å². The van der Waals surface area contributed by atoms with E-state index in [1.807, 2.05) is 58.9 Å². The number of rotatable bonds is 6. The van der Waals surface area contributed by atoms with Gasteiger partial charge in [-0.15, -0.1) is 5.10 Å². The lowest BCUT2D eigenvalue weighted by molar-refractivity contribution is -0.696. The summed E-state index contributed by atoms with van der Waals surface area (Å²) >= 11 is 1.58. The lowest BCUT2D eigenvalue weighted by atomic mass is 10.3. The number of fused-ring (bicyclic) bond motifs is 1. The number of hydrogen-bond acceptors (Lipinski definition) is 6. The second-order valence-electron chi connectivity index (χ2n) is 5.74. The second-order valence-corrected chi connectivity index (χ2v) is 8.27. The summed E-state index contributed by atoms with van der Waals surface area (Å²) in [6, 6.07) is 11.8. The highest BCUT2D eigenvalue weighted by Gasteiger charge is 2.03. The predicted octanol–water partition coefficient (Wildman–Crippen LogP) is 1.40. The van der Waals surface area contributed by atoms with E-state index in [9.17, 15) is 13.0 Å². The molecule has 1 aromatic carbocycles. The van der Waals surface area contributed by atoms with Crippen LogP contribution in [0.1, 0.15) is 12.0 Å². The molecular weight excluding hydrogens is 372 g/mol. The predicted molar refractivity (Wildman–Crippen MR) is 99.8 cm³/mol. The standard InChI is InChI=1S/C17H18N4O3S2/c1-20-15-5-2-3-6-16(15)25-17(20)19-18-13-14-7-10-21(11-8-14)9-4-12-26(22,23)24/h2-3,5-8,10-11,13H,4,9,12H2,1H3. The fourth-order valence-electron chi connectivity index (χ4n) is 2.45. The number of thiazole rings is 1. The third kappa shape index (κ3) is 4.84. The van der Waals surface area contributed by atoms with Gasteiger partial charge < -0.3 is 9.12 Å². The van der Waals surface area contributed by atoms with Crippen molar-refractivity contribution < 1.29 is 17.5 Å². The number of aromatic nitrogens is 2. The van der Waals surface area contributed by atoms with Crippen LogP contribution in [-0.4, -0.2) is 29.5 Å². The molecule has 0 radical (unpaired) electrons. The number of hydrogen-bond donors (Lipinski definition) is 0. The summed E-state index contributed by atoms with van der Waals surface area (Å²) < 4.78 is 36.8. The first-order valence-electron chi connectivity index (χ1n) is 7.97.